The molecule has 0 saturated carbocycles. The fraction of sp³-hybridized carbons (Fsp3) is 0.200. The third-order valence-electron chi connectivity index (χ3n) is 2.86. The molecule has 2 aromatic rings. The maximum Gasteiger partial charge on any atom is 0.356 e. The van der Waals surface area contributed by atoms with Crippen LogP contribution in [0, 0.1) is 0 Å². The Morgan fingerprint density at radius 2 is 2.16 bits per heavy atom. The van der Waals surface area contributed by atoms with Crippen molar-refractivity contribution < 1.29 is 9.53 Å². The number of carbonyl (C=O) groups is 1. The van der Waals surface area contributed by atoms with E-state index in [4.69, 9.17) is 4.74 Å². The Balaban J connectivity index is 2.24. The highest BCUT2D eigenvalue weighted by Gasteiger charge is 2.18. The first kappa shape index (κ1) is 13.1. The van der Waals surface area contributed by atoms with E-state index in [0.717, 1.165) is 5.56 Å². The minimum absolute atomic E-state index is 0.0255. The molecule has 0 aliphatic rings. The Hall–Kier alpha value is -2.36. The van der Waals surface area contributed by atoms with Crippen molar-refractivity contribution in [2.75, 3.05) is 6.61 Å². The predicted octanol–water partition coefficient (Wildman–Crippen LogP) is 2.84. The van der Waals surface area contributed by atoms with Gasteiger partial charge in [0.05, 0.1) is 6.04 Å². The summed E-state index contributed by atoms with van der Waals surface area (Å²) in [6, 6.07) is 11.5. The first-order valence-electron chi connectivity index (χ1n) is 6.10. The molecule has 4 heteroatoms. The lowest BCUT2D eigenvalue weighted by Crippen LogP contribution is -2.17. The lowest BCUT2D eigenvalue weighted by molar-refractivity contribution is 0.0534. The molecule has 0 aliphatic carbocycles. The molecule has 0 aliphatic heterocycles. The molecule has 4 nitrogen and oxygen atoms in total. The number of rotatable bonds is 5. The minimum Gasteiger partial charge on any atom is -0.457 e. The summed E-state index contributed by atoms with van der Waals surface area (Å²) in [5, 5.41) is 4.21. The number of ether oxygens (including phenoxy) is 1. The van der Waals surface area contributed by atoms with Gasteiger partial charge in [0, 0.05) is 6.20 Å². The van der Waals surface area contributed by atoms with Crippen LogP contribution in [0.3, 0.4) is 0 Å². The third kappa shape index (κ3) is 2.91. The molecule has 0 bridgehead atoms. The highest BCUT2D eigenvalue weighted by Crippen LogP contribution is 2.18. The number of carbonyl (C=O) groups excluding carboxylic acids is 1. The van der Waals surface area contributed by atoms with Crippen molar-refractivity contribution in [1.29, 1.82) is 0 Å². The van der Waals surface area contributed by atoms with Gasteiger partial charge in [0.25, 0.3) is 0 Å². The average Bonchev–Trinajstić information content (AvgIpc) is 2.94. The third-order valence-corrected chi connectivity index (χ3v) is 2.86. The van der Waals surface area contributed by atoms with E-state index in [1.54, 1.807) is 23.0 Å². The molecule has 0 amide bonds. The normalized spacial score (nSPS) is 11.8. The standard InChI is InChI=1S/C15H16N2O2/c1-3-11-19-15(18)14-9-10-16-17(14)12(2)13-7-5-4-6-8-13/h3-10,12H,1,11H2,2H3/t12-/m1/s1. The molecule has 0 radical (unpaired) electrons. The molecule has 98 valence electrons. The Kier molecular flexibility index (Phi) is 4.13. The summed E-state index contributed by atoms with van der Waals surface area (Å²) >= 11 is 0. The van der Waals surface area contributed by atoms with Crippen LogP contribution in [0.1, 0.15) is 29.0 Å². The summed E-state index contributed by atoms with van der Waals surface area (Å²) in [5.74, 6) is -0.389. The molecule has 0 spiro atoms. The van der Waals surface area contributed by atoms with E-state index in [-0.39, 0.29) is 18.6 Å². The number of benzene rings is 1. The molecule has 1 atom stereocenters. The van der Waals surface area contributed by atoms with E-state index in [1.165, 1.54) is 0 Å². The van der Waals surface area contributed by atoms with Crippen LogP contribution in [0.5, 0.6) is 0 Å². The number of nitrogens with zero attached hydrogens (tertiary/aromatic N) is 2. The van der Waals surface area contributed by atoms with Gasteiger partial charge < -0.3 is 4.74 Å². The van der Waals surface area contributed by atoms with E-state index >= 15 is 0 Å². The van der Waals surface area contributed by atoms with E-state index in [9.17, 15) is 4.79 Å². The second-order valence-electron chi connectivity index (χ2n) is 4.13. The molecule has 19 heavy (non-hydrogen) atoms. The monoisotopic (exact) mass is 256 g/mol. The van der Waals surface area contributed by atoms with E-state index < -0.39 is 0 Å². The Morgan fingerprint density at radius 1 is 1.42 bits per heavy atom. The van der Waals surface area contributed by atoms with Crippen LogP contribution in [-0.2, 0) is 4.74 Å². The van der Waals surface area contributed by atoms with Gasteiger partial charge in [-0.2, -0.15) is 5.10 Å². The zero-order valence-electron chi connectivity index (χ0n) is 10.8. The van der Waals surface area contributed by atoms with Crippen molar-refractivity contribution >= 4 is 5.97 Å². The van der Waals surface area contributed by atoms with Gasteiger partial charge in [0.15, 0.2) is 0 Å². The number of hydrogen-bond acceptors (Lipinski definition) is 3. The SMILES string of the molecule is C=CCOC(=O)c1ccnn1[C@H](C)c1ccccc1. The Morgan fingerprint density at radius 3 is 2.84 bits per heavy atom. The highest BCUT2D eigenvalue weighted by atomic mass is 16.5. The van der Waals surface area contributed by atoms with Crippen LogP contribution in [0.2, 0.25) is 0 Å². The summed E-state index contributed by atoms with van der Waals surface area (Å²) in [6.45, 7) is 5.71. The van der Waals surface area contributed by atoms with Crippen molar-refractivity contribution in [3.8, 4) is 0 Å². The first-order valence-corrected chi connectivity index (χ1v) is 6.10. The van der Waals surface area contributed by atoms with Crippen molar-refractivity contribution in [3.63, 3.8) is 0 Å². The molecular formula is C15H16N2O2. The van der Waals surface area contributed by atoms with Gasteiger partial charge in [-0.15, -0.1) is 0 Å². The minimum atomic E-state index is -0.389. The number of esters is 1. The van der Waals surface area contributed by atoms with Crippen molar-refractivity contribution in [2.24, 2.45) is 0 Å². The lowest BCUT2D eigenvalue weighted by Gasteiger charge is -2.15. The van der Waals surface area contributed by atoms with Crippen LogP contribution in [0.4, 0.5) is 0 Å². The molecular weight excluding hydrogens is 240 g/mol. The lowest BCUT2D eigenvalue weighted by atomic mass is 10.1. The molecule has 1 aromatic heterocycles. The average molecular weight is 256 g/mol. The van der Waals surface area contributed by atoms with Crippen LogP contribution >= 0.6 is 0 Å². The van der Waals surface area contributed by atoms with Crippen molar-refractivity contribution in [2.45, 2.75) is 13.0 Å². The predicted molar refractivity (Wildman–Crippen MR) is 73.0 cm³/mol. The molecule has 0 saturated heterocycles. The zero-order chi connectivity index (χ0) is 13.7. The first-order chi connectivity index (χ1) is 9.24. The van der Waals surface area contributed by atoms with Gasteiger partial charge in [0.1, 0.15) is 12.3 Å². The smallest absolute Gasteiger partial charge is 0.356 e. The quantitative estimate of drug-likeness (QED) is 0.610. The zero-order valence-corrected chi connectivity index (χ0v) is 10.8. The van der Waals surface area contributed by atoms with Gasteiger partial charge in [-0.05, 0) is 18.6 Å². The van der Waals surface area contributed by atoms with Crippen molar-refractivity contribution in [3.05, 3.63) is 66.5 Å². The summed E-state index contributed by atoms with van der Waals surface area (Å²) in [6.07, 6.45) is 3.14. The fourth-order valence-electron chi connectivity index (χ4n) is 1.87. The van der Waals surface area contributed by atoms with Crippen LogP contribution in [0.25, 0.3) is 0 Å². The second-order valence-corrected chi connectivity index (χ2v) is 4.13. The Bertz CT molecular complexity index is 561. The van der Waals surface area contributed by atoms with Crippen LogP contribution < -0.4 is 0 Å². The molecule has 0 N–H and O–H groups in total. The molecule has 1 heterocycles. The van der Waals surface area contributed by atoms with Crippen molar-refractivity contribution in [1.82, 2.24) is 9.78 Å². The maximum absolute atomic E-state index is 11.9. The number of aromatic nitrogens is 2. The summed E-state index contributed by atoms with van der Waals surface area (Å²) < 4.78 is 6.71. The molecule has 1 aromatic carbocycles. The molecule has 2 rings (SSSR count). The molecule has 0 fully saturated rings. The number of hydrogen-bond donors (Lipinski definition) is 0. The van der Waals surface area contributed by atoms with E-state index in [0.29, 0.717) is 5.69 Å². The van der Waals surface area contributed by atoms with Gasteiger partial charge >= 0.3 is 5.97 Å². The second kappa shape index (κ2) is 6.00. The maximum atomic E-state index is 11.9. The van der Waals surface area contributed by atoms with Crippen LogP contribution in [0.15, 0.2) is 55.3 Å². The summed E-state index contributed by atoms with van der Waals surface area (Å²) in [5.41, 5.74) is 1.53. The topological polar surface area (TPSA) is 44.1 Å². The van der Waals surface area contributed by atoms with Gasteiger partial charge in [0.2, 0.25) is 0 Å². The van der Waals surface area contributed by atoms with Gasteiger partial charge in [-0.1, -0.05) is 43.0 Å². The Labute approximate surface area is 112 Å². The summed E-state index contributed by atoms with van der Waals surface area (Å²) in [4.78, 5) is 11.9. The highest BCUT2D eigenvalue weighted by molar-refractivity contribution is 5.87. The van der Waals surface area contributed by atoms with E-state index in [2.05, 4.69) is 11.7 Å². The largest absolute Gasteiger partial charge is 0.457 e. The van der Waals surface area contributed by atoms with Gasteiger partial charge in [-0.25, -0.2) is 4.79 Å². The van der Waals surface area contributed by atoms with Crippen LogP contribution in [-0.4, -0.2) is 22.4 Å². The fourth-order valence-corrected chi connectivity index (χ4v) is 1.87. The van der Waals surface area contributed by atoms with E-state index in [1.807, 2.05) is 37.3 Å². The molecule has 0 unspecified atom stereocenters. The summed E-state index contributed by atoms with van der Waals surface area (Å²) in [7, 11) is 0. The van der Waals surface area contributed by atoms with Gasteiger partial charge in [-0.3, -0.25) is 4.68 Å².